The molecule has 1 aromatic carbocycles. The maximum Gasteiger partial charge on any atom is 0.328 e. The normalized spacial score (nSPS) is 11.4. The highest BCUT2D eigenvalue weighted by atomic mass is 16.5. The van der Waals surface area contributed by atoms with Crippen LogP contribution in [0.15, 0.2) is 24.3 Å². The van der Waals surface area contributed by atoms with Crippen LogP contribution in [-0.2, 0) is 30.3 Å². The number of nitrogens with one attached hydrogen (secondary N) is 1. The van der Waals surface area contributed by atoms with Gasteiger partial charge in [-0.15, -0.1) is 0 Å². The second kappa shape index (κ2) is 8.66. The molecule has 0 aliphatic carbocycles. The van der Waals surface area contributed by atoms with E-state index in [1.165, 1.54) is 26.4 Å². The lowest BCUT2D eigenvalue weighted by molar-refractivity contribution is -0.145. The predicted octanol–water partition coefficient (Wildman–Crippen LogP) is 0.546. The minimum absolute atomic E-state index is 0.0601. The first-order chi connectivity index (χ1) is 10.5. The number of hydrogen-bond donors (Lipinski definition) is 2. The van der Waals surface area contributed by atoms with E-state index in [1.54, 1.807) is 12.1 Å². The molecule has 7 nitrogen and oxygen atoms in total. The largest absolute Gasteiger partial charge is 0.508 e. The molecule has 0 aromatic heterocycles. The van der Waals surface area contributed by atoms with Crippen molar-refractivity contribution in [1.29, 1.82) is 0 Å². The summed E-state index contributed by atoms with van der Waals surface area (Å²) in [5.41, 5.74) is 0.751. The van der Waals surface area contributed by atoms with Gasteiger partial charge in [-0.05, 0) is 17.7 Å². The van der Waals surface area contributed by atoms with E-state index < -0.39 is 23.9 Å². The summed E-state index contributed by atoms with van der Waals surface area (Å²) in [6.45, 7) is 0. The smallest absolute Gasteiger partial charge is 0.328 e. The number of hydrogen-bond acceptors (Lipinski definition) is 6. The zero-order valence-electron chi connectivity index (χ0n) is 12.5. The summed E-state index contributed by atoms with van der Waals surface area (Å²) >= 11 is 0. The standard InChI is InChI=1S/C15H19NO6/c1-21-14(19)8-7-13(18)16-12(15(20)22-2)9-10-3-5-11(17)6-4-10/h3-6,12,17H,7-9H2,1-2H3,(H,16,18). The van der Waals surface area contributed by atoms with Crippen molar-refractivity contribution in [3.63, 3.8) is 0 Å². The SMILES string of the molecule is COC(=O)CCC(=O)NC(Cc1ccc(O)cc1)C(=O)OC. The number of aromatic hydroxyl groups is 1. The summed E-state index contributed by atoms with van der Waals surface area (Å²) < 4.78 is 9.11. The number of carbonyl (C=O) groups excluding carboxylic acids is 3. The lowest BCUT2D eigenvalue weighted by atomic mass is 10.1. The number of esters is 2. The van der Waals surface area contributed by atoms with Gasteiger partial charge >= 0.3 is 11.9 Å². The minimum atomic E-state index is -0.861. The van der Waals surface area contributed by atoms with Gasteiger partial charge in [0.2, 0.25) is 5.91 Å². The first-order valence-electron chi connectivity index (χ1n) is 6.68. The van der Waals surface area contributed by atoms with Gasteiger partial charge in [0.25, 0.3) is 0 Å². The molecule has 1 aromatic rings. The topological polar surface area (TPSA) is 102 Å². The van der Waals surface area contributed by atoms with Gasteiger partial charge in [-0.3, -0.25) is 9.59 Å². The maximum atomic E-state index is 11.8. The van der Waals surface area contributed by atoms with E-state index in [4.69, 9.17) is 0 Å². The molecular formula is C15H19NO6. The lowest BCUT2D eigenvalue weighted by Gasteiger charge is -2.16. The average Bonchev–Trinajstić information content (AvgIpc) is 2.53. The molecule has 120 valence electrons. The second-order valence-electron chi connectivity index (χ2n) is 4.59. The third kappa shape index (κ3) is 5.82. The molecule has 0 radical (unpaired) electrons. The maximum absolute atomic E-state index is 11.8. The molecule has 0 spiro atoms. The van der Waals surface area contributed by atoms with E-state index in [2.05, 4.69) is 14.8 Å². The summed E-state index contributed by atoms with van der Waals surface area (Å²) in [5, 5.41) is 11.8. The Labute approximate surface area is 128 Å². The number of rotatable bonds is 7. The Kier molecular flexibility index (Phi) is 6.88. The Morgan fingerprint density at radius 1 is 1.09 bits per heavy atom. The van der Waals surface area contributed by atoms with E-state index in [1.807, 2.05) is 0 Å². The first kappa shape index (κ1) is 17.5. The van der Waals surface area contributed by atoms with Crippen LogP contribution in [0.4, 0.5) is 0 Å². The van der Waals surface area contributed by atoms with E-state index in [-0.39, 0.29) is 25.0 Å². The lowest BCUT2D eigenvalue weighted by Crippen LogP contribution is -2.43. The number of phenolic OH excluding ortho intramolecular Hbond substituents is 1. The molecule has 0 bridgehead atoms. The second-order valence-corrected chi connectivity index (χ2v) is 4.59. The number of benzene rings is 1. The van der Waals surface area contributed by atoms with Crippen molar-refractivity contribution in [2.75, 3.05) is 14.2 Å². The van der Waals surface area contributed by atoms with Gasteiger partial charge in [0, 0.05) is 12.8 Å². The van der Waals surface area contributed by atoms with Gasteiger partial charge in [0.05, 0.1) is 20.6 Å². The van der Waals surface area contributed by atoms with Crippen LogP contribution in [0, 0.1) is 0 Å². The van der Waals surface area contributed by atoms with Gasteiger partial charge in [0.15, 0.2) is 0 Å². The van der Waals surface area contributed by atoms with Crippen LogP contribution in [0.25, 0.3) is 0 Å². The van der Waals surface area contributed by atoms with Crippen LogP contribution in [0.1, 0.15) is 18.4 Å². The van der Waals surface area contributed by atoms with Crippen molar-refractivity contribution < 1.29 is 29.0 Å². The summed E-state index contributed by atoms with van der Waals surface area (Å²) in [5.74, 6) is -1.41. The van der Waals surface area contributed by atoms with Crippen LogP contribution in [0.5, 0.6) is 5.75 Å². The van der Waals surface area contributed by atoms with Gasteiger partial charge in [-0.25, -0.2) is 4.79 Å². The fraction of sp³-hybridized carbons (Fsp3) is 0.400. The van der Waals surface area contributed by atoms with Crippen molar-refractivity contribution in [2.24, 2.45) is 0 Å². The van der Waals surface area contributed by atoms with Gasteiger partial charge in [0.1, 0.15) is 11.8 Å². The Morgan fingerprint density at radius 3 is 2.27 bits per heavy atom. The average molecular weight is 309 g/mol. The number of carbonyl (C=O) groups is 3. The molecule has 2 N–H and O–H groups in total. The number of ether oxygens (including phenoxy) is 2. The molecule has 0 fully saturated rings. The van der Waals surface area contributed by atoms with Crippen LogP contribution in [0.3, 0.4) is 0 Å². The summed E-state index contributed by atoms with van der Waals surface area (Å²) in [6.07, 6.45) is 0.0854. The van der Waals surface area contributed by atoms with E-state index in [9.17, 15) is 19.5 Å². The zero-order valence-corrected chi connectivity index (χ0v) is 12.5. The molecule has 0 heterocycles. The molecule has 0 aliphatic heterocycles. The van der Waals surface area contributed by atoms with Gasteiger partial charge in [-0.1, -0.05) is 12.1 Å². The molecule has 0 aliphatic rings. The van der Waals surface area contributed by atoms with Gasteiger partial charge < -0.3 is 19.9 Å². The van der Waals surface area contributed by atoms with Crippen LogP contribution >= 0.6 is 0 Å². The number of amides is 1. The van der Waals surface area contributed by atoms with Crippen LogP contribution in [-0.4, -0.2) is 43.2 Å². The van der Waals surface area contributed by atoms with Crippen LogP contribution < -0.4 is 5.32 Å². The van der Waals surface area contributed by atoms with E-state index in [0.717, 1.165) is 5.56 Å². The van der Waals surface area contributed by atoms with Crippen molar-refractivity contribution in [3.05, 3.63) is 29.8 Å². The van der Waals surface area contributed by atoms with Crippen molar-refractivity contribution in [3.8, 4) is 5.75 Å². The highest BCUT2D eigenvalue weighted by molar-refractivity contribution is 5.86. The fourth-order valence-corrected chi connectivity index (χ4v) is 1.79. The van der Waals surface area contributed by atoms with Crippen molar-refractivity contribution in [2.45, 2.75) is 25.3 Å². The third-order valence-electron chi connectivity index (χ3n) is 2.98. The monoisotopic (exact) mass is 309 g/mol. The van der Waals surface area contributed by atoms with E-state index >= 15 is 0 Å². The number of phenols is 1. The van der Waals surface area contributed by atoms with Gasteiger partial charge in [-0.2, -0.15) is 0 Å². The Morgan fingerprint density at radius 2 is 1.73 bits per heavy atom. The molecule has 1 unspecified atom stereocenters. The minimum Gasteiger partial charge on any atom is -0.508 e. The molecule has 7 heteroatoms. The molecule has 1 rings (SSSR count). The van der Waals surface area contributed by atoms with E-state index in [0.29, 0.717) is 0 Å². The fourth-order valence-electron chi connectivity index (χ4n) is 1.79. The summed E-state index contributed by atoms with van der Waals surface area (Å²) in [4.78, 5) is 34.5. The Balaban J connectivity index is 2.64. The third-order valence-corrected chi connectivity index (χ3v) is 2.98. The predicted molar refractivity (Wildman–Crippen MR) is 77.0 cm³/mol. The molecule has 1 amide bonds. The Bertz CT molecular complexity index is 525. The molecule has 1 atom stereocenters. The summed E-state index contributed by atoms with van der Waals surface area (Å²) in [7, 11) is 2.47. The molecular weight excluding hydrogens is 290 g/mol. The first-order valence-corrected chi connectivity index (χ1v) is 6.68. The summed E-state index contributed by atoms with van der Waals surface area (Å²) in [6, 6.07) is 5.41. The van der Waals surface area contributed by atoms with Crippen LogP contribution in [0.2, 0.25) is 0 Å². The zero-order chi connectivity index (χ0) is 16.5. The van der Waals surface area contributed by atoms with Crippen molar-refractivity contribution in [1.82, 2.24) is 5.32 Å². The quantitative estimate of drug-likeness (QED) is 0.713. The number of methoxy groups -OCH3 is 2. The molecule has 22 heavy (non-hydrogen) atoms. The molecule has 0 saturated carbocycles. The van der Waals surface area contributed by atoms with Crippen molar-refractivity contribution >= 4 is 17.8 Å². The highest BCUT2D eigenvalue weighted by Gasteiger charge is 2.22. The highest BCUT2D eigenvalue weighted by Crippen LogP contribution is 2.12. The Hall–Kier alpha value is -2.57. The molecule has 0 saturated heterocycles.